The first-order valence-electron chi connectivity index (χ1n) is 5.39. The molecule has 1 amide bonds. The summed E-state index contributed by atoms with van der Waals surface area (Å²) in [6, 6.07) is 5.59. The molecule has 1 aliphatic heterocycles. The molecular formula is C11H12N4O2. The highest BCUT2D eigenvalue weighted by molar-refractivity contribution is 5.92. The first kappa shape index (κ1) is 10.1. The van der Waals surface area contributed by atoms with Gasteiger partial charge < -0.3 is 15.5 Å². The van der Waals surface area contributed by atoms with Crippen LogP contribution in [0.15, 0.2) is 24.5 Å². The summed E-state index contributed by atoms with van der Waals surface area (Å²) in [5, 5.41) is 0. The Morgan fingerprint density at radius 3 is 3.24 bits per heavy atom. The summed E-state index contributed by atoms with van der Waals surface area (Å²) in [5.74, 6) is 0. The number of amides is 1. The zero-order chi connectivity index (χ0) is 11.8. The zero-order valence-corrected chi connectivity index (χ0v) is 9.09. The van der Waals surface area contributed by atoms with E-state index in [1.807, 2.05) is 18.2 Å². The van der Waals surface area contributed by atoms with Crippen LogP contribution in [0.2, 0.25) is 0 Å². The van der Waals surface area contributed by atoms with Gasteiger partial charge in [0.25, 0.3) is 0 Å². The summed E-state index contributed by atoms with van der Waals surface area (Å²) >= 11 is 0. The van der Waals surface area contributed by atoms with Gasteiger partial charge in [-0.2, -0.15) is 0 Å². The van der Waals surface area contributed by atoms with Crippen molar-refractivity contribution in [2.24, 2.45) is 5.73 Å². The number of anilines is 1. The van der Waals surface area contributed by atoms with E-state index in [4.69, 9.17) is 10.5 Å². The number of fused-ring (bicyclic) bond motifs is 1. The largest absolute Gasteiger partial charge is 0.443 e. The Morgan fingerprint density at radius 1 is 1.59 bits per heavy atom. The number of benzene rings is 1. The van der Waals surface area contributed by atoms with E-state index in [1.165, 1.54) is 0 Å². The van der Waals surface area contributed by atoms with Gasteiger partial charge in [-0.05, 0) is 18.2 Å². The second kappa shape index (κ2) is 3.74. The van der Waals surface area contributed by atoms with Crippen LogP contribution < -0.4 is 10.6 Å². The number of nitrogens with two attached hydrogens (primary N) is 1. The molecule has 1 saturated heterocycles. The summed E-state index contributed by atoms with van der Waals surface area (Å²) < 4.78 is 5.11. The highest BCUT2D eigenvalue weighted by atomic mass is 16.6. The van der Waals surface area contributed by atoms with Crippen molar-refractivity contribution in [2.75, 3.05) is 18.0 Å². The lowest BCUT2D eigenvalue weighted by molar-refractivity contribution is 0.145. The van der Waals surface area contributed by atoms with E-state index >= 15 is 0 Å². The van der Waals surface area contributed by atoms with E-state index in [1.54, 1.807) is 11.2 Å². The molecule has 6 nitrogen and oxygen atoms in total. The Bertz CT molecular complexity index is 565. The molecule has 3 rings (SSSR count). The molecule has 0 radical (unpaired) electrons. The predicted octanol–water partition coefficient (Wildman–Crippen LogP) is 0.847. The highest BCUT2D eigenvalue weighted by Gasteiger charge is 2.31. The molecule has 1 aromatic heterocycles. The summed E-state index contributed by atoms with van der Waals surface area (Å²) in [7, 11) is 0. The molecule has 0 saturated carbocycles. The SMILES string of the molecule is NCC1CN(c2ccc3nc[nH]c3c2)C(=O)O1. The molecule has 1 atom stereocenters. The zero-order valence-electron chi connectivity index (χ0n) is 9.09. The molecule has 2 aromatic rings. The van der Waals surface area contributed by atoms with E-state index in [0.717, 1.165) is 16.7 Å². The number of carbonyl (C=O) groups is 1. The topological polar surface area (TPSA) is 84.2 Å². The lowest BCUT2D eigenvalue weighted by atomic mass is 10.2. The molecule has 2 heterocycles. The normalized spacial score (nSPS) is 19.9. The van der Waals surface area contributed by atoms with Gasteiger partial charge in [-0.3, -0.25) is 4.90 Å². The first-order valence-corrected chi connectivity index (χ1v) is 5.39. The Morgan fingerprint density at radius 2 is 2.47 bits per heavy atom. The maximum absolute atomic E-state index is 11.6. The van der Waals surface area contributed by atoms with Crippen LogP contribution in [0.3, 0.4) is 0 Å². The molecule has 0 spiro atoms. The van der Waals surface area contributed by atoms with Crippen molar-refractivity contribution >= 4 is 22.8 Å². The molecular weight excluding hydrogens is 220 g/mol. The summed E-state index contributed by atoms with van der Waals surface area (Å²) in [6.45, 7) is 0.837. The van der Waals surface area contributed by atoms with E-state index < -0.39 is 0 Å². The van der Waals surface area contributed by atoms with Crippen LogP contribution in [-0.4, -0.2) is 35.3 Å². The lowest BCUT2D eigenvalue weighted by Crippen LogP contribution is -2.27. The average Bonchev–Trinajstić information content (AvgIpc) is 2.93. The van der Waals surface area contributed by atoms with Gasteiger partial charge in [0.05, 0.1) is 23.9 Å². The van der Waals surface area contributed by atoms with E-state index in [-0.39, 0.29) is 12.2 Å². The van der Waals surface area contributed by atoms with Crippen LogP contribution in [0.25, 0.3) is 11.0 Å². The lowest BCUT2D eigenvalue weighted by Gasteiger charge is -2.12. The van der Waals surface area contributed by atoms with Crippen LogP contribution in [0.5, 0.6) is 0 Å². The van der Waals surface area contributed by atoms with Crippen molar-refractivity contribution < 1.29 is 9.53 Å². The number of cyclic esters (lactones) is 1. The number of nitrogens with zero attached hydrogens (tertiary/aromatic N) is 2. The molecule has 1 fully saturated rings. The number of rotatable bonds is 2. The number of imidazole rings is 1. The van der Waals surface area contributed by atoms with Gasteiger partial charge >= 0.3 is 6.09 Å². The fourth-order valence-corrected chi connectivity index (χ4v) is 1.95. The Kier molecular flexibility index (Phi) is 2.22. The highest BCUT2D eigenvalue weighted by Crippen LogP contribution is 2.24. The van der Waals surface area contributed by atoms with Gasteiger partial charge in [0, 0.05) is 12.2 Å². The number of aromatic nitrogens is 2. The number of hydrogen-bond donors (Lipinski definition) is 2. The van der Waals surface area contributed by atoms with Crippen molar-refractivity contribution in [3.63, 3.8) is 0 Å². The van der Waals surface area contributed by atoms with Crippen molar-refractivity contribution in [3.8, 4) is 0 Å². The fraction of sp³-hybridized carbons (Fsp3) is 0.273. The standard InChI is InChI=1S/C11H12N4O2/c12-4-8-5-15(11(16)17-8)7-1-2-9-10(3-7)14-6-13-9/h1-3,6,8H,4-5,12H2,(H,13,14). The number of H-pyrrole nitrogens is 1. The predicted molar refractivity (Wildman–Crippen MR) is 62.8 cm³/mol. The summed E-state index contributed by atoms with van der Waals surface area (Å²) in [6.07, 6.45) is 1.05. The Balaban J connectivity index is 1.95. The third-order valence-electron chi connectivity index (χ3n) is 2.85. The minimum absolute atomic E-state index is 0.222. The van der Waals surface area contributed by atoms with E-state index in [0.29, 0.717) is 13.1 Å². The van der Waals surface area contributed by atoms with Crippen molar-refractivity contribution in [3.05, 3.63) is 24.5 Å². The fourth-order valence-electron chi connectivity index (χ4n) is 1.95. The van der Waals surface area contributed by atoms with Crippen molar-refractivity contribution in [1.29, 1.82) is 0 Å². The monoisotopic (exact) mass is 232 g/mol. The van der Waals surface area contributed by atoms with Gasteiger partial charge in [-0.15, -0.1) is 0 Å². The minimum atomic E-state index is -0.348. The van der Waals surface area contributed by atoms with Crippen LogP contribution in [0.4, 0.5) is 10.5 Å². The molecule has 0 aliphatic carbocycles. The molecule has 6 heteroatoms. The third-order valence-corrected chi connectivity index (χ3v) is 2.85. The van der Waals surface area contributed by atoms with Gasteiger partial charge in [0.2, 0.25) is 0 Å². The maximum atomic E-state index is 11.6. The van der Waals surface area contributed by atoms with E-state index in [2.05, 4.69) is 9.97 Å². The van der Waals surface area contributed by atoms with E-state index in [9.17, 15) is 4.79 Å². The van der Waals surface area contributed by atoms with Gasteiger partial charge in [-0.25, -0.2) is 9.78 Å². The molecule has 88 valence electrons. The molecule has 3 N–H and O–H groups in total. The molecule has 1 unspecified atom stereocenters. The number of nitrogens with one attached hydrogen (secondary N) is 1. The third kappa shape index (κ3) is 1.62. The minimum Gasteiger partial charge on any atom is -0.443 e. The smallest absolute Gasteiger partial charge is 0.414 e. The maximum Gasteiger partial charge on any atom is 0.414 e. The number of hydrogen-bond acceptors (Lipinski definition) is 4. The van der Waals surface area contributed by atoms with Crippen LogP contribution >= 0.6 is 0 Å². The number of ether oxygens (including phenoxy) is 1. The second-order valence-corrected chi connectivity index (χ2v) is 3.96. The Labute approximate surface area is 97.4 Å². The number of carbonyl (C=O) groups excluding carboxylic acids is 1. The van der Waals surface area contributed by atoms with Crippen molar-refractivity contribution in [1.82, 2.24) is 9.97 Å². The van der Waals surface area contributed by atoms with Gasteiger partial charge in [0.15, 0.2) is 0 Å². The quantitative estimate of drug-likeness (QED) is 0.803. The number of aromatic amines is 1. The first-order chi connectivity index (χ1) is 8.28. The van der Waals surface area contributed by atoms with Gasteiger partial charge in [-0.1, -0.05) is 0 Å². The average molecular weight is 232 g/mol. The summed E-state index contributed by atoms with van der Waals surface area (Å²) in [5.41, 5.74) is 8.05. The van der Waals surface area contributed by atoms with Crippen LogP contribution in [0.1, 0.15) is 0 Å². The molecule has 1 aromatic carbocycles. The summed E-state index contributed by atoms with van der Waals surface area (Å²) in [4.78, 5) is 20.4. The second-order valence-electron chi connectivity index (χ2n) is 3.96. The van der Waals surface area contributed by atoms with Crippen molar-refractivity contribution in [2.45, 2.75) is 6.10 Å². The van der Waals surface area contributed by atoms with Gasteiger partial charge in [0.1, 0.15) is 6.10 Å². The Hall–Kier alpha value is -2.08. The molecule has 0 bridgehead atoms. The van der Waals surface area contributed by atoms with Crippen LogP contribution in [-0.2, 0) is 4.74 Å². The molecule has 17 heavy (non-hydrogen) atoms. The molecule has 1 aliphatic rings. The van der Waals surface area contributed by atoms with Crippen LogP contribution in [0, 0.1) is 0 Å².